The molecule has 41 heavy (non-hydrogen) atoms. The maximum absolute atomic E-state index is 15.7. The van der Waals surface area contributed by atoms with Gasteiger partial charge in [0.25, 0.3) is 0 Å². The van der Waals surface area contributed by atoms with Crippen molar-refractivity contribution in [3.05, 3.63) is 109 Å². The molecule has 3 rings (SSSR count). The van der Waals surface area contributed by atoms with Crippen LogP contribution >= 0.6 is 0 Å². The molecule has 6 nitrogen and oxygen atoms in total. The van der Waals surface area contributed by atoms with Gasteiger partial charge in [0.1, 0.15) is 42.0 Å². The van der Waals surface area contributed by atoms with E-state index in [1.807, 2.05) is 6.92 Å². The van der Waals surface area contributed by atoms with E-state index in [1.54, 1.807) is 63.2 Å². The lowest BCUT2D eigenvalue weighted by Crippen LogP contribution is -2.09. The first-order valence-corrected chi connectivity index (χ1v) is 12.7. The lowest BCUT2D eigenvalue weighted by Gasteiger charge is -2.16. The van der Waals surface area contributed by atoms with E-state index >= 15 is 4.39 Å². The molecule has 0 atom stereocenters. The normalized spacial score (nSPS) is 10.4. The third kappa shape index (κ3) is 8.29. The molecule has 0 fully saturated rings. The van der Waals surface area contributed by atoms with Gasteiger partial charge in [0, 0.05) is 40.0 Å². The lowest BCUT2D eigenvalue weighted by molar-refractivity contribution is -0.130. The number of ether oxygens (including phenoxy) is 4. The Labute approximate surface area is 240 Å². The topological polar surface area (TPSA) is 71.1 Å². The van der Waals surface area contributed by atoms with Gasteiger partial charge in [-0.15, -0.1) is 0 Å². The van der Waals surface area contributed by atoms with E-state index < -0.39 is 17.8 Å². The predicted octanol–water partition coefficient (Wildman–Crippen LogP) is 8.03. The number of esters is 2. The van der Waals surface area contributed by atoms with E-state index in [1.165, 1.54) is 12.1 Å². The first-order chi connectivity index (χ1) is 19.3. The predicted molar refractivity (Wildman–Crippen MR) is 159 cm³/mol. The quantitative estimate of drug-likeness (QED) is 0.0973. The van der Waals surface area contributed by atoms with Gasteiger partial charge in [-0.1, -0.05) is 38.4 Å². The summed E-state index contributed by atoms with van der Waals surface area (Å²) in [5.41, 5.74) is 3.91. The summed E-state index contributed by atoms with van der Waals surface area (Å²) in [4.78, 5) is 24.0. The minimum atomic E-state index is -0.579. The van der Waals surface area contributed by atoms with Crippen molar-refractivity contribution in [2.24, 2.45) is 0 Å². The highest BCUT2D eigenvalue weighted by Gasteiger charge is 2.18. The molecule has 0 aromatic heterocycles. The fourth-order valence-corrected chi connectivity index (χ4v) is 3.52. The molecule has 0 saturated carbocycles. The van der Waals surface area contributed by atoms with Gasteiger partial charge < -0.3 is 18.9 Å². The van der Waals surface area contributed by atoms with Crippen LogP contribution in [0.3, 0.4) is 0 Å². The van der Waals surface area contributed by atoms with Gasteiger partial charge in [0.05, 0.1) is 0 Å². The van der Waals surface area contributed by atoms with Crippen LogP contribution in [0.4, 0.5) is 4.39 Å². The minimum absolute atomic E-state index is 0.191. The molecule has 0 saturated heterocycles. The van der Waals surface area contributed by atoms with Crippen molar-refractivity contribution < 1.29 is 32.9 Å². The number of carbonyl (C=O) groups excluding carboxylic acids is 2. The van der Waals surface area contributed by atoms with E-state index in [0.29, 0.717) is 28.2 Å². The van der Waals surface area contributed by atoms with Crippen LogP contribution in [0.15, 0.2) is 103 Å². The molecule has 0 unspecified atom stereocenters. The Hall–Kier alpha value is -4.91. The van der Waals surface area contributed by atoms with Gasteiger partial charge in [0.2, 0.25) is 0 Å². The Morgan fingerprint density at radius 3 is 1.51 bits per heavy atom. The average molecular weight is 557 g/mol. The highest BCUT2D eigenvalue weighted by atomic mass is 19.1. The summed E-state index contributed by atoms with van der Waals surface area (Å²) in [5.74, 6) is -0.446. The zero-order chi connectivity index (χ0) is 30.3. The molecule has 0 amide bonds. The van der Waals surface area contributed by atoms with Crippen molar-refractivity contribution in [1.29, 1.82) is 0 Å². The third-order valence-electron chi connectivity index (χ3n) is 5.54. The number of hydrogen-bond donors (Lipinski definition) is 0. The van der Waals surface area contributed by atoms with Crippen LogP contribution in [-0.2, 0) is 9.59 Å². The largest absolute Gasteiger partial charge is 0.488 e. The van der Waals surface area contributed by atoms with E-state index in [-0.39, 0.29) is 41.4 Å². The zero-order valence-corrected chi connectivity index (χ0v) is 23.8. The van der Waals surface area contributed by atoms with Crippen LogP contribution in [0.2, 0.25) is 0 Å². The van der Waals surface area contributed by atoms with Crippen molar-refractivity contribution in [3.8, 4) is 45.3 Å². The number of benzene rings is 3. The fraction of sp³-hybridized carbons (Fsp3) is 0.176. The standard InChI is InChI=1S/C34H33FO6/c1-20(2)18-38-31-16-25(40-33(36)22(5)6)10-13-27(31)24-9-12-28(30(35)15-24)29-14-11-26(41-34(37)23(7)8)17-32(29)39-19-21(3)4/h9-17H,1,3,5,7,18-19H2,2,4,6,8H3. The lowest BCUT2D eigenvalue weighted by atomic mass is 9.98. The fourth-order valence-electron chi connectivity index (χ4n) is 3.52. The first-order valence-electron chi connectivity index (χ1n) is 12.7. The average Bonchev–Trinajstić information content (AvgIpc) is 2.91. The maximum Gasteiger partial charge on any atom is 0.338 e. The molecule has 212 valence electrons. The van der Waals surface area contributed by atoms with Crippen LogP contribution in [0.1, 0.15) is 27.7 Å². The molecule has 0 aliphatic heterocycles. The van der Waals surface area contributed by atoms with Gasteiger partial charge in [-0.3, -0.25) is 0 Å². The molecular formula is C34H33FO6. The molecule has 0 bridgehead atoms. The van der Waals surface area contributed by atoms with Gasteiger partial charge in [-0.2, -0.15) is 0 Å². The molecule has 7 heteroatoms. The summed E-state index contributed by atoms with van der Waals surface area (Å²) >= 11 is 0. The third-order valence-corrected chi connectivity index (χ3v) is 5.54. The Kier molecular flexibility index (Phi) is 10.0. The van der Waals surface area contributed by atoms with Crippen LogP contribution in [0.5, 0.6) is 23.0 Å². The van der Waals surface area contributed by atoms with Gasteiger partial charge in [-0.25, -0.2) is 14.0 Å². The first kappa shape index (κ1) is 30.6. The summed E-state index contributed by atoms with van der Waals surface area (Å²) < 4.78 is 38.2. The van der Waals surface area contributed by atoms with E-state index in [2.05, 4.69) is 26.3 Å². The van der Waals surface area contributed by atoms with Crippen molar-refractivity contribution in [3.63, 3.8) is 0 Å². The summed E-state index contributed by atoms with van der Waals surface area (Å²) in [7, 11) is 0. The van der Waals surface area contributed by atoms with Crippen molar-refractivity contribution in [2.75, 3.05) is 13.2 Å². The van der Waals surface area contributed by atoms with Crippen molar-refractivity contribution in [2.45, 2.75) is 27.7 Å². The van der Waals surface area contributed by atoms with Crippen LogP contribution < -0.4 is 18.9 Å². The number of rotatable bonds is 12. The monoisotopic (exact) mass is 556 g/mol. The van der Waals surface area contributed by atoms with E-state index in [0.717, 1.165) is 11.1 Å². The summed E-state index contributed by atoms with van der Waals surface area (Å²) in [6.45, 7) is 22.0. The smallest absolute Gasteiger partial charge is 0.338 e. The van der Waals surface area contributed by atoms with Crippen LogP contribution in [0, 0.1) is 5.82 Å². The molecule has 0 radical (unpaired) electrons. The number of carbonyl (C=O) groups is 2. The number of halogens is 1. The van der Waals surface area contributed by atoms with Crippen LogP contribution in [-0.4, -0.2) is 25.2 Å². The zero-order valence-electron chi connectivity index (χ0n) is 23.8. The second-order valence-corrected chi connectivity index (χ2v) is 9.84. The van der Waals surface area contributed by atoms with Crippen LogP contribution in [0.25, 0.3) is 22.3 Å². The summed E-state index contributed by atoms with van der Waals surface area (Å²) in [5, 5.41) is 0. The molecule has 0 N–H and O–H groups in total. The van der Waals surface area contributed by atoms with E-state index in [9.17, 15) is 9.59 Å². The van der Waals surface area contributed by atoms with Crippen molar-refractivity contribution >= 4 is 11.9 Å². The molecule has 3 aromatic carbocycles. The number of hydrogen-bond acceptors (Lipinski definition) is 6. The Morgan fingerprint density at radius 2 is 1.07 bits per heavy atom. The molecule has 0 aliphatic carbocycles. The molecule has 0 heterocycles. The molecule has 0 aliphatic rings. The maximum atomic E-state index is 15.7. The molecule has 3 aromatic rings. The Morgan fingerprint density at radius 1 is 0.634 bits per heavy atom. The second kappa shape index (κ2) is 13.4. The van der Waals surface area contributed by atoms with E-state index in [4.69, 9.17) is 18.9 Å². The van der Waals surface area contributed by atoms with Gasteiger partial charge >= 0.3 is 11.9 Å². The Balaban J connectivity index is 2.03. The summed E-state index contributed by atoms with van der Waals surface area (Å²) in [6.07, 6.45) is 0. The van der Waals surface area contributed by atoms with Gasteiger partial charge in [-0.05, 0) is 74.7 Å². The van der Waals surface area contributed by atoms with Crippen molar-refractivity contribution in [1.82, 2.24) is 0 Å². The highest BCUT2D eigenvalue weighted by molar-refractivity contribution is 5.89. The van der Waals surface area contributed by atoms with Gasteiger partial charge in [0.15, 0.2) is 0 Å². The molecule has 0 spiro atoms. The second-order valence-electron chi connectivity index (χ2n) is 9.84. The minimum Gasteiger partial charge on any atom is -0.488 e. The SMILES string of the molecule is C=C(C)COc1cc(OC(=O)C(=C)C)ccc1-c1ccc(-c2ccc(OC(=O)C(=C)C)cc2OCC(=C)C)c(F)c1. The molecular weight excluding hydrogens is 523 g/mol. The Bertz CT molecular complexity index is 1550. The summed E-state index contributed by atoms with van der Waals surface area (Å²) in [6, 6.07) is 14.3. The highest BCUT2D eigenvalue weighted by Crippen LogP contribution is 2.39.